The highest BCUT2D eigenvalue weighted by Gasteiger charge is 2.47. The SMILES string of the molecule is CNC(=O)[C@H]1C(=O)N(C)C(=N)N1c1nc(OC)nc(N(C)C)n1. The van der Waals surface area contributed by atoms with Gasteiger partial charge < -0.3 is 15.0 Å². The Bertz CT molecular complexity index is 662. The van der Waals surface area contributed by atoms with Gasteiger partial charge in [-0.2, -0.15) is 15.0 Å². The number of rotatable bonds is 4. The molecule has 1 saturated heterocycles. The van der Waals surface area contributed by atoms with Gasteiger partial charge in [0.1, 0.15) is 0 Å². The summed E-state index contributed by atoms with van der Waals surface area (Å²) in [7, 11) is 7.66. The summed E-state index contributed by atoms with van der Waals surface area (Å²) in [6.07, 6.45) is 0. The Kier molecular flexibility index (Phi) is 4.29. The standard InChI is InChI=1S/C12H18N8O3/c1-14-7(21)6-8(22)19(4)9(13)20(6)11-15-10(18(2)3)16-12(17-11)23-5/h6,13H,1-5H3,(H,14,21)/t6-/m0/s1. The third-order valence-corrected chi connectivity index (χ3v) is 3.25. The second kappa shape index (κ2) is 6.02. The second-order valence-corrected chi connectivity index (χ2v) is 4.92. The van der Waals surface area contributed by atoms with Gasteiger partial charge in [0, 0.05) is 28.2 Å². The van der Waals surface area contributed by atoms with Crippen LogP contribution in [0, 0.1) is 5.41 Å². The van der Waals surface area contributed by atoms with Crippen LogP contribution >= 0.6 is 0 Å². The lowest BCUT2D eigenvalue weighted by Gasteiger charge is -2.21. The van der Waals surface area contributed by atoms with Crippen molar-refractivity contribution in [3.8, 4) is 6.01 Å². The van der Waals surface area contributed by atoms with Gasteiger partial charge in [-0.05, 0) is 0 Å². The van der Waals surface area contributed by atoms with E-state index in [0.29, 0.717) is 0 Å². The van der Waals surface area contributed by atoms with Crippen molar-refractivity contribution in [2.45, 2.75) is 6.04 Å². The van der Waals surface area contributed by atoms with Crippen molar-refractivity contribution in [1.29, 1.82) is 5.41 Å². The number of hydrogen-bond donors (Lipinski definition) is 2. The van der Waals surface area contributed by atoms with Gasteiger partial charge in [0.15, 0.2) is 6.04 Å². The molecule has 0 saturated carbocycles. The molecule has 0 unspecified atom stereocenters. The van der Waals surface area contributed by atoms with Crippen LogP contribution in [0.3, 0.4) is 0 Å². The summed E-state index contributed by atoms with van der Waals surface area (Å²) in [6, 6.07) is -1.23. The number of nitrogens with one attached hydrogen (secondary N) is 2. The molecule has 2 rings (SSSR count). The topological polar surface area (TPSA) is 128 Å². The van der Waals surface area contributed by atoms with Crippen molar-refractivity contribution >= 4 is 29.7 Å². The van der Waals surface area contributed by atoms with E-state index in [4.69, 9.17) is 10.1 Å². The Labute approximate surface area is 132 Å². The number of anilines is 2. The van der Waals surface area contributed by atoms with E-state index in [1.807, 2.05) is 0 Å². The van der Waals surface area contributed by atoms with Crippen molar-refractivity contribution in [3.05, 3.63) is 0 Å². The molecule has 11 heteroatoms. The minimum atomic E-state index is -1.25. The maximum Gasteiger partial charge on any atom is 0.322 e. The van der Waals surface area contributed by atoms with Crippen LogP contribution in [-0.2, 0) is 9.59 Å². The molecule has 0 bridgehead atoms. The molecule has 2 heterocycles. The van der Waals surface area contributed by atoms with Gasteiger partial charge in [-0.3, -0.25) is 24.8 Å². The zero-order valence-corrected chi connectivity index (χ0v) is 13.5. The molecular formula is C12H18N8O3. The third-order valence-electron chi connectivity index (χ3n) is 3.25. The van der Waals surface area contributed by atoms with E-state index in [-0.39, 0.29) is 23.9 Å². The molecule has 0 spiro atoms. The molecule has 0 aromatic carbocycles. The molecule has 1 fully saturated rings. The maximum absolute atomic E-state index is 12.2. The highest BCUT2D eigenvalue weighted by atomic mass is 16.5. The van der Waals surface area contributed by atoms with Gasteiger partial charge in [0.25, 0.3) is 11.8 Å². The van der Waals surface area contributed by atoms with Crippen molar-refractivity contribution in [2.75, 3.05) is 45.1 Å². The lowest BCUT2D eigenvalue weighted by molar-refractivity contribution is -0.132. The molecule has 124 valence electrons. The predicted octanol–water partition coefficient (Wildman–Crippen LogP) is -1.73. The largest absolute Gasteiger partial charge is 0.467 e. The predicted molar refractivity (Wildman–Crippen MR) is 81.5 cm³/mol. The maximum atomic E-state index is 12.2. The van der Waals surface area contributed by atoms with Crippen LogP contribution in [0.25, 0.3) is 0 Å². The zero-order valence-electron chi connectivity index (χ0n) is 13.5. The molecule has 1 atom stereocenters. The normalized spacial score (nSPS) is 17.5. The number of nitrogens with zero attached hydrogens (tertiary/aromatic N) is 6. The number of methoxy groups -OCH3 is 1. The lowest BCUT2D eigenvalue weighted by Crippen LogP contribution is -2.47. The number of hydrogen-bond acceptors (Lipinski definition) is 8. The van der Waals surface area contributed by atoms with Gasteiger partial charge in [-0.1, -0.05) is 0 Å². The van der Waals surface area contributed by atoms with E-state index in [1.165, 1.54) is 21.2 Å². The summed E-state index contributed by atoms with van der Waals surface area (Å²) in [6.45, 7) is 0. The van der Waals surface area contributed by atoms with Crippen LogP contribution in [-0.4, -0.2) is 79.0 Å². The molecule has 1 aliphatic heterocycles. The number of guanidine groups is 1. The van der Waals surface area contributed by atoms with Crippen molar-refractivity contribution in [1.82, 2.24) is 25.2 Å². The molecular weight excluding hydrogens is 304 g/mol. The Morgan fingerprint density at radius 3 is 2.52 bits per heavy atom. The summed E-state index contributed by atoms with van der Waals surface area (Å²) in [5, 5.41) is 10.5. The number of likely N-dealkylation sites (N-methyl/N-ethyl adjacent to an activating group) is 2. The molecule has 11 nitrogen and oxygen atoms in total. The van der Waals surface area contributed by atoms with E-state index < -0.39 is 17.9 Å². The number of amides is 2. The van der Waals surface area contributed by atoms with Gasteiger partial charge >= 0.3 is 6.01 Å². The molecule has 1 aromatic heterocycles. The van der Waals surface area contributed by atoms with Gasteiger partial charge in [-0.15, -0.1) is 0 Å². The Hall–Kier alpha value is -2.98. The highest BCUT2D eigenvalue weighted by molar-refractivity contribution is 6.23. The highest BCUT2D eigenvalue weighted by Crippen LogP contribution is 2.24. The first-order valence-corrected chi connectivity index (χ1v) is 6.66. The molecule has 0 radical (unpaired) electrons. The van der Waals surface area contributed by atoms with Crippen molar-refractivity contribution in [2.24, 2.45) is 0 Å². The van der Waals surface area contributed by atoms with E-state index in [2.05, 4.69) is 20.3 Å². The van der Waals surface area contributed by atoms with Crippen LogP contribution in [0.5, 0.6) is 6.01 Å². The number of carbonyl (C=O) groups is 2. The first-order valence-electron chi connectivity index (χ1n) is 6.66. The summed E-state index contributed by atoms with van der Waals surface area (Å²) in [4.78, 5) is 40.4. The Morgan fingerprint density at radius 1 is 1.35 bits per heavy atom. The lowest BCUT2D eigenvalue weighted by atomic mass is 10.2. The molecule has 2 amide bonds. The average molecular weight is 322 g/mol. The van der Waals surface area contributed by atoms with Gasteiger partial charge in [0.05, 0.1) is 7.11 Å². The van der Waals surface area contributed by atoms with Crippen LogP contribution < -0.4 is 19.9 Å². The van der Waals surface area contributed by atoms with Crippen LogP contribution in [0.15, 0.2) is 0 Å². The van der Waals surface area contributed by atoms with Crippen LogP contribution in [0.4, 0.5) is 11.9 Å². The first-order chi connectivity index (χ1) is 10.8. The summed E-state index contributed by atoms with van der Waals surface area (Å²) in [5.41, 5.74) is 0. The third kappa shape index (κ3) is 2.72. The molecule has 1 aromatic rings. The fourth-order valence-electron chi connectivity index (χ4n) is 1.99. The number of ether oxygens (including phenoxy) is 1. The minimum Gasteiger partial charge on any atom is -0.467 e. The minimum absolute atomic E-state index is 0.0168. The first kappa shape index (κ1) is 16.4. The number of aromatic nitrogens is 3. The smallest absolute Gasteiger partial charge is 0.322 e. The molecule has 23 heavy (non-hydrogen) atoms. The zero-order chi connectivity index (χ0) is 17.3. The Balaban J connectivity index is 2.57. The van der Waals surface area contributed by atoms with Crippen LogP contribution in [0.1, 0.15) is 0 Å². The average Bonchev–Trinajstić information content (AvgIpc) is 2.77. The molecule has 0 aliphatic carbocycles. The summed E-state index contributed by atoms with van der Waals surface area (Å²) in [5.74, 6) is -1.05. The van der Waals surface area contributed by atoms with E-state index in [1.54, 1.807) is 19.0 Å². The van der Waals surface area contributed by atoms with Gasteiger partial charge in [0.2, 0.25) is 17.9 Å². The van der Waals surface area contributed by atoms with Crippen molar-refractivity contribution < 1.29 is 14.3 Å². The van der Waals surface area contributed by atoms with E-state index in [9.17, 15) is 9.59 Å². The monoisotopic (exact) mass is 322 g/mol. The molecule has 2 N–H and O–H groups in total. The van der Waals surface area contributed by atoms with Crippen LogP contribution in [0.2, 0.25) is 0 Å². The van der Waals surface area contributed by atoms with Crippen molar-refractivity contribution in [3.63, 3.8) is 0 Å². The quantitative estimate of drug-likeness (QED) is 0.626. The molecule has 1 aliphatic rings. The van der Waals surface area contributed by atoms with E-state index in [0.717, 1.165) is 9.80 Å². The Morgan fingerprint density at radius 2 is 2.00 bits per heavy atom. The fraction of sp³-hybridized carbons (Fsp3) is 0.500. The fourth-order valence-corrected chi connectivity index (χ4v) is 1.99. The summed E-state index contributed by atoms with van der Waals surface area (Å²) >= 11 is 0. The number of carbonyl (C=O) groups excluding carboxylic acids is 2. The summed E-state index contributed by atoms with van der Waals surface area (Å²) < 4.78 is 5.03. The van der Waals surface area contributed by atoms with E-state index >= 15 is 0 Å². The second-order valence-electron chi connectivity index (χ2n) is 4.92. The van der Waals surface area contributed by atoms with Gasteiger partial charge in [-0.25, -0.2) is 0 Å².